The summed E-state index contributed by atoms with van der Waals surface area (Å²) in [6.07, 6.45) is 8.26. The fourth-order valence-electron chi connectivity index (χ4n) is 2.74. The van der Waals surface area contributed by atoms with Gasteiger partial charge < -0.3 is 10.6 Å². The lowest BCUT2D eigenvalue weighted by molar-refractivity contribution is -0.122. The number of halogens is 1. The Morgan fingerprint density at radius 1 is 1.19 bits per heavy atom. The third-order valence-electron chi connectivity index (χ3n) is 3.61. The molecule has 1 atom stereocenters. The smallest absolute Gasteiger partial charge is 0.220 e. The number of hydrogen-bond donors (Lipinski definition) is 2. The third kappa shape index (κ3) is 4.30. The van der Waals surface area contributed by atoms with Gasteiger partial charge in [0.15, 0.2) is 0 Å². The van der Waals surface area contributed by atoms with E-state index in [0.29, 0.717) is 12.0 Å². The summed E-state index contributed by atoms with van der Waals surface area (Å²) in [7, 11) is 0. The van der Waals surface area contributed by atoms with Crippen molar-refractivity contribution in [3.8, 4) is 0 Å². The first-order chi connectivity index (χ1) is 7.34. The summed E-state index contributed by atoms with van der Waals surface area (Å²) < 4.78 is 0. The van der Waals surface area contributed by atoms with Crippen LogP contribution >= 0.6 is 12.4 Å². The van der Waals surface area contributed by atoms with Crippen molar-refractivity contribution in [2.24, 2.45) is 5.92 Å². The predicted molar refractivity (Wildman–Crippen MR) is 67.9 cm³/mol. The number of nitrogens with one attached hydrogen (secondary N) is 2. The van der Waals surface area contributed by atoms with E-state index < -0.39 is 0 Å². The van der Waals surface area contributed by atoms with E-state index >= 15 is 0 Å². The van der Waals surface area contributed by atoms with Gasteiger partial charge in [0.2, 0.25) is 5.91 Å². The third-order valence-corrected chi connectivity index (χ3v) is 3.61. The maximum Gasteiger partial charge on any atom is 0.220 e. The molecule has 2 aliphatic rings. The minimum absolute atomic E-state index is 0. The number of amides is 1. The zero-order valence-electron chi connectivity index (χ0n) is 9.84. The van der Waals surface area contributed by atoms with Gasteiger partial charge in [-0.05, 0) is 38.1 Å². The lowest BCUT2D eigenvalue weighted by Crippen LogP contribution is -2.45. The van der Waals surface area contributed by atoms with Crippen molar-refractivity contribution in [1.29, 1.82) is 0 Å². The molecule has 94 valence electrons. The summed E-state index contributed by atoms with van der Waals surface area (Å²) in [6.45, 7) is 2.06. The van der Waals surface area contributed by atoms with Gasteiger partial charge in [0.25, 0.3) is 0 Å². The van der Waals surface area contributed by atoms with Gasteiger partial charge in [-0.1, -0.05) is 12.8 Å². The number of hydrogen-bond acceptors (Lipinski definition) is 2. The first kappa shape index (κ1) is 13.8. The number of rotatable bonds is 3. The van der Waals surface area contributed by atoms with Gasteiger partial charge in [-0.25, -0.2) is 0 Å². The van der Waals surface area contributed by atoms with Crippen LogP contribution in [0, 0.1) is 5.92 Å². The van der Waals surface area contributed by atoms with Crippen molar-refractivity contribution >= 4 is 18.3 Å². The van der Waals surface area contributed by atoms with Gasteiger partial charge in [0.1, 0.15) is 0 Å². The van der Waals surface area contributed by atoms with Crippen LogP contribution < -0.4 is 10.6 Å². The van der Waals surface area contributed by atoms with E-state index in [4.69, 9.17) is 0 Å². The minimum Gasteiger partial charge on any atom is -0.352 e. The van der Waals surface area contributed by atoms with Gasteiger partial charge in [0.05, 0.1) is 0 Å². The molecule has 2 fully saturated rings. The Morgan fingerprint density at radius 2 is 1.94 bits per heavy atom. The van der Waals surface area contributed by atoms with Crippen LogP contribution in [0.15, 0.2) is 0 Å². The van der Waals surface area contributed by atoms with E-state index in [1.807, 2.05) is 0 Å². The summed E-state index contributed by atoms with van der Waals surface area (Å²) in [5.74, 6) is 0.942. The second kappa shape index (κ2) is 7.13. The van der Waals surface area contributed by atoms with E-state index in [0.717, 1.165) is 25.9 Å². The normalized spacial score (nSPS) is 26.1. The van der Waals surface area contributed by atoms with Gasteiger partial charge in [-0.2, -0.15) is 0 Å². The van der Waals surface area contributed by atoms with Crippen molar-refractivity contribution < 1.29 is 4.79 Å². The Morgan fingerprint density at radius 3 is 2.56 bits per heavy atom. The van der Waals surface area contributed by atoms with E-state index in [9.17, 15) is 4.79 Å². The van der Waals surface area contributed by atoms with E-state index in [1.165, 1.54) is 32.1 Å². The molecule has 0 aromatic heterocycles. The van der Waals surface area contributed by atoms with Crippen LogP contribution in [0.1, 0.15) is 44.9 Å². The van der Waals surface area contributed by atoms with E-state index in [-0.39, 0.29) is 18.3 Å². The van der Waals surface area contributed by atoms with Crippen LogP contribution in [0.5, 0.6) is 0 Å². The molecule has 0 aromatic rings. The van der Waals surface area contributed by atoms with Crippen molar-refractivity contribution in [2.75, 3.05) is 13.1 Å². The highest BCUT2D eigenvalue weighted by Gasteiger charge is 2.20. The Labute approximate surface area is 104 Å². The highest BCUT2D eigenvalue weighted by Crippen LogP contribution is 2.27. The van der Waals surface area contributed by atoms with Gasteiger partial charge in [-0.15, -0.1) is 12.4 Å². The van der Waals surface area contributed by atoms with Crippen LogP contribution in [0.3, 0.4) is 0 Å². The van der Waals surface area contributed by atoms with Crippen LogP contribution in [-0.4, -0.2) is 25.0 Å². The molecule has 1 aliphatic carbocycles. The summed E-state index contributed by atoms with van der Waals surface area (Å²) in [5.41, 5.74) is 0. The largest absolute Gasteiger partial charge is 0.352 e. The molecule has 16 heavy (non-hydrogen) atoms. The molecular weight excluding hydrogens is 224 g/mol. The second-order valence-electron chi connectivity index (χ2n) is 4.97. The highest BCUT2D eigenvalue weighted by molar-refractivity contribution is 5.85. The number of carbonyl (C=O) groups is 1. The molecule has 0 bridgehead atoms. The Bertz CT molecular complexity index is 211. The quantitative estimate of drug-likeness (QED) is 0.798. The van der Waals surface area contributed by atoms with Crippen LogP contribution in [0.2, 0.25) is 0 Å². The predicted octanol–water partition coefficient (Wildman–Crippen LogP) is 1.86. The highest BCUT2D eigenvalue weighted by atomic mass is 35.5. The molecule has 0 spiro atoms. The maximum absolute atomic E-state index is 11.7. The molecule has 1 amide bonds. The molecule has 1 saturated heterocycles. The van der Waals surface area contributed by atoms with E-state index in [1.54, 1.807) is 0 Å². The molecule has 1 saturated carbocycles. The average Bonchev–Trinajstić information content (AvgIpc) is 2.71. The Hall–Kier alpha value is -0.280. The summed E-state index contributed by atoms with van der Waals surface area (Å²) in [5, 5.41) is 6.46. The number of carbonyl (C=O) groups excluding carboxylic acids is 1. The fourth-order valence-corrected chi connectivity index (χ4v) is 2.74. The van der Waals surface area contributed by atoms with Crippen LogP contribution in [-0.2, 0) is 4.79 Å². The fraction of sp³-hybridized carbons (Fsp3) is 0.917. The van der Waals surface area contributed by atoms with Crippen LogP contribution in [0.4, 0.5) is 0 Å². The average molecular weight is 247 g/mol. The second-order valence-corrected chi connectivity index (χ2v) is 4.97. The number of piperidine rings is 1. The molecule has 1 heterocycles. The summed E-state index contributed by atoms with van der Waals surface area (Å²) in [6, 6.07) is 0.382. The molecule has 0 radical (unpaired) electrons. The zero-order valence-corrected chi connectivity index (χ0v) is 10.7. The maximum atomic E-state index is 11.7. The first-order valence-electron chi connectivity index (χ1n) is 6.34. The van der Waals surface area contributed by atoms with Crippen LogP contribution in [0.25, 0.3) is 0 Å². The molecule has 3 nitrogen and oxygen atoms in total. The van der Waals surface area contributed by atoms with E-state index in [2.05, 4.69) is 10.6 Å². The molecule has 0 aromatic carbocycles. The molecule has 1 aliphatic heterocycles. The summed E-state index contributed by atoms with van der Waals surface area (Å²) >= 11 is 0. The minimum atomic E-state index is 0. The van der Waals surface area contributed by atoms with Gasteiger partial charge in [0, 0.05) is 19.0 Å². The van der Waals surface area contributed by atoms with Crippen molar-refractivity contribution in [2.45, 2.75) is 51.0 Å². The van der Waals surface area contributed by atoms with Gasteiger partial charge >= 0.3 is 0 Å². The Balaban J connectivity index is 0.00000128. The van der Waals surface area contributed by atoms with Gasteiger partial charge in [-0.3, -0.25) is 4.79 Å². The lowest BCUT2D eigenvalue weighted by Gasteiger charge is -2.24. The molecular formula is C12H23ClN2O. The standard InChI is InChI=1S/C12H22N2O.ClH/c15-12(8-10-4-1-2-5-10)14-11-6-3-7-13-9-11;/h10-11,13H,1-9H2,(H,14,15);1H. The molecule has 1 unspecified atom stereocenters. The molecule has 2 N–H and O–H groups in total. The SMILES string of the molecule is Cl.O=C(CC1CCCC1)NC1CCCNC1. The molecule has 4 heteroatoms. The zero-order chi connectivity index (χ0) is 10.5. The summed E-state index contributed by atoms with van der Waals surface area (Å²) in [4.78, 5) is 11.7. The monoisotopic (exact) mass is 246 g/mol. The Kier molecular flexibility index (Phi) is 6.14. The first-order valence-corrected chi connectivity index (χ1v) is 6.34. The topological polar surface area (TPSA) is 41.1 Å². The van der Waals surface area contributed by atoms with Crippen molar-refractivity contribution in [1.82, 2.24) is 10.6 Å². The van der Waals surface area contributed by atoms with Crippen molar-refractivity contribution in [3.63, 3.8) is 0 Å². The molecule has 2 rings (SSSR count). The van der Waals surface area contributed by atoms with Crippen molar-refractivity contribution in [3.05, 3.63) is 0 Å². The lowest BCUT2D eigenvalue weighted by atomic mass is 10.0.